The SMILES string of the molecule is CC1=C(C(=O)Nc2cccc(F)c2)[C@@H](c2ccc(N(C)C)cc2)C2=C(C[C@H](c3ccccc3)CC2=O)N1. The van der Waals surface area contributed by atoms with Crippen LogP contribution in [0, 0.1) is 5.82 Å². The third-order valence-electron chi connectivity index (χ3n) is 7.17. The molecule has 0 bridgehead atoms. The molecular formula is C31H30FN3O2. The third kappa shape index (κ3) is 4.92. The van der Waals surface area contributed by atoms with E-state index in [-0.39, 0.29) is 17.6 Å². The first-order valence-electron chi connectivity index (χ1n) is 12.4. The van der Waals surface area contributed by atoms with Crippen LogP contribution in [-0.4, -0.2) is 25.8 Å². The summed E-state index contributed by atoms with van der Waals surface area (Å²) < 4.78 is 13.8. The van der Waals surface area contributed by atoms with Crippen molar-refractivity contribution < 1.29 is 14.0 Å². The van der Waals surface area contributed by atoms with Gasteiger partial charge in [-0.2, -0.15) is 0 Å². The van der Waals surface area contributed by atoms with Crippen LogP contribution in [0.4, 0.5) is 15.8 Å². The molecule has 0 aromatic heterocycles. The lowest BCUT2D eigenvalue weighted by molar-refractivity contribution is -0.116. The zero-order valence-corrected chi connectivity index (χ0v) is 21.2. The molecule has 1 aliphatic heterocycles. The van der Waals surface area contributed by atoms with E-state index in [4.69, 9.17) is 0 Å². The van der Waals surface area contributed by atoms with Crippen LogP contribution in [0.15, 0.2) is 101 Å². The number of nitrogens with one attached hydrogen (secondary N) is 2. The van der Waals surface area contributed by atoms with E-state index in [2.05, 4.69) is 22.8 Å². The summed E-state index contributed by atoms with van der Waals surface area (Å²) in [6, 6.07) is 23.8. The molecular weight excluding hydrogens is 465 g/mol. The normalized spacial score (nSPS) is 19.3. The molecule has 5 nitrogen and oxygen atoms in total. The molecule has 0 unspecified atom stereocenters. The van der Waals surface area contributed by atoms with Gasteiger partial charge in [0.15, 0.2) is 5.78 Å². The summed E-state index contributed by atoms with van der Waals surface area (Å²) in [5, 5.41) is 6.24. The highest BCUT2D eigenvalue weighted by molar-refractivity contribution is 6.10. The molecule has 2 aliphatic rings. The lowest BCUT2D eigenvalue weighted by atomic mass is 9.71. The van der Waals surface area contributed by atoms with Crippen molar-refractivity contribution in [3.8, 4) is 0 Å². The Hall–Kier alpha value is -4.19. The molecule has 188 valence electrons. The van der Waals surface area contributed by atoms with Crippen LogP contribution in [0.25, 0.3) is 0 Å². The molecule has 5 rings (SSSR count). The van der Waals surface area contributed by atoms with Crippen molar-refractivity contribution in [1.82, 2.24) is 5.32 Å². The Morgan fingerprint density at radius 2 is 1.68 bits per heavy atom. The highest BCUT2D eigenvalue weighted by atomic mass is 19.1. The summed E-state index contributed by atoms with van der Waals surface area (Å²) in [6.45, 7) is 1.86. The molecule has 0 fully saturated rings. The summed E-state index contributed by atoms with van der Waals surface area (Å²) in [5.41, 5.74) is 6.06. The number of halogens is 1. The van der Waals surface area contributed by atoms with E-state index in [1.807, 2.05) is 68.4 Å². The monoisotopic (exact) mass is 495 g/mol. The van der Waals surface area contributed by atoms with E-state index in [1.54, 1.807) is 12.1 Å². The molecule has 1 amide bonds. The molecule has 0 saturated carbocycles. The van der Waals surface area contributed by atoms with E-state index >= 15 is 0 Å². The number of hydrogen-bond acceptors (Lipinski definition) is 4. The van der Waals surface area contributed by atoms with Crippen LogP contribution in [0.2, 0.25) is 0 Å². The number of nitrogens with zero attached hydrogens (tertiary/aromatic N) is 1. The molecule has 1 aliphatic carbocycles. The van der Waals surface area contributed by atoms with Gasteiger partial charge in [-0.1, -0.05) is 48.5 Å². The number of dihydropyridines is 1. The van der Waals surface area contributed by atoms with Gasteiger partial charge < -0.3 is 15.5 Å². The smallest absolute Gasteiger partial charge is 0.254 e. The zero-order valence-electron chi connectivity index (χ0n) is 21.2. The van der Waals surface area contributed by atoms with E-state index in [0.717, 1.165) is 22.5 Å². The van der Waals surface area contributed by atoms with Crippen molar-refractivity contribution in [2.24, 2.45) is 0 Å². The molecule has 0 spiro atoms. The Kier molecular flexibility index (Phi) is 6.66. The van der Waals surface area contributed by atoms with Gasteiger partial charge >= 0.3 is 0 Å². The number of rotatable bonds is 5. The van der Waals surface area contributed by atoms with E-state index in [9.17, 15) is 14.0 Å². The van der Waals surface area contributed by atoms with Crippen LogP contribution in [0.3, 0.4) is 0 Å². The van der Waals surface area contributed by atoms with E-state index in [1.165, 1.54) is 12.1 Å². The summed E-state index contributed by atoms with van der Waals surface area (Å²) in [6.07, 6.45) is 1.07. The minimum absolute atomic E-state index is 0.0350. The quantitative estimate of drug-likeness (QED) is 0.463. The Morgan fingerprint density at radius 1 is 0.946 bits per heavy atom. The summed E-state index contributed by atoms with van der Waals surface area (Å²) in [7, 11) is 3.94. The summed E-state index contributed by atoms with van der Waals surface area (Å²) >= 11 is 0. The molecule has 0 radical (unpaired) electrons. The number of carbonyl (C=O) groups is 2. The predicted octanol–water partition coefficient (Wildman–Crippen LogP) is 5.89. The number of amides is 1. The highest BCUT2D eigenvalue weighted by Crippen LogP contribution is 2.45. The van der Waals surface area contributed by atoms with Gasteiger partial charge in [0.05, 0.1) is 0 Å². The molecule has 3 aromatic carbocycles. The number of ketones is 1. The second-order valence-corrected chi connectivity index (χ2v) is 9.88. The van der Waals surface area contributed by atoms with Crippen molar-refractivity contribution in [2.45, 2.75) is 31.6 Å². The lowest BCUT2D eigenvalue weighted by Crippen LogP contribution is -2.37. The zero-order chi connectivity index (χ0) is 26.1. The number of carbonyl (C=O) groups excluding carboxylic acids is 2. The van der Waals surface area contributed by atoms with E-state index < -0.39 is 11.7 Å². The third-order valence-corrected chi connectivity index (χ3v) is 7.17. The first-order valence-corrected chi connectivity index (χ1v) is 12.4. The fourth-order valence-electron chi connectivity index (χ4n) is 5.36. The van der Waals surface area contributed by atoms with Crippen molar-refractivity contribution in [2.75, 3.05) is 24.3 Å². The van der Waals surface area contributed by atoms with Crippen LogP contribution in [-0.2, 0) is 9.59 Å². The Morgan fingerprint density at radius 3 is 2.35 bits per heavy atom. The first-order chi connectivity index (χ1) is 17.8. The Balaban J connectivity index is 1.57. The second kappa shape index (κ2) is 10.1. The average molecular weight is 496 g/mol. The topological polar surface area (TPSA) is 61.4 Å². The molecule has 3 aromatic rings. The van der Waals surface area contributed by atoms with Gasteiger partial charge in [0, 0.05) is 60.3 Å². The molecule has 1 heterocycles. The lowest BCUT2D eigenvalue weighted by Gasteiger charge is -2.37. The van der Waals surface area contributed by atoms with Gasteiger partial charge in [-0.15, -0.1) is 0 Å². The minimum Gasteiger partial charge on any atom is -0.378 e. The molecule has 2 atom stereocenters. The maximum absolute atomic E-state index is 13.8. The Labute approximate surface area is 216 Å². The Bertz CT molecular complexity index is 1410. The van der Waals surface area contributed by atoms with Gasteiger partial charge in [0.2, 0.25) is 0 Å². The highest BCUT2D eigenvalue weighted by Gasteiger charge is 2.40. The number of allylic oxidation sites excluding steroid dienone is 3. The van der Waals surface area contributed by atoms with Crippen molar-refractivity contribution in [3.63, 3.8) is 0 Å². The maximum Gasteiger partial charge on any atom is 0.254 e. The minimum atomic E-state index is -0.523. The van der Waals surface area contributed by atoms with Gasteiger partial charge in [-0.05, 0) is 60.7 Å². The van der Waals surface area contributed by atoms with E-state index in [0.29, 0.717) is 35.4 Å². The van der Waals surface area contributed by atoms with Crippen LogP contribution in [0.5, 0.6) is 0 Å². The molecule has 37 heavy (non-hydrogen) atoms. The van der Waals surface area contributed by atoms with Crippen LogP contribution in [0.1, 0.15) is 42.7 Å². The fraction of sp³-hybridized carbons (Fsp3) is 0.226. The standard InChI is InChI=1S/C31H30FN3O2/c1-19-28(31(37)34-24-11-7-10-23(32)18-24)29(21-12-14-25(15-13-21)35(2)3)30-26(33-19)16-22(17-27(30)36)20-8-5-4-6-9-20/h4-15,18,22,29,33H,16-17H2,1-3H3,(H,34,37)/t22-,29+/m0/s1. The fourth-order valence-corrected chi connectivity index (χ4v) is 5.36. The molecule has 0 saturated heterocycles. The largest absolute Gasteiger partial charge is 0.378 e. The van der Waals surface area contributed by atoms with Gasteiger partial charge in [-0.25, -0.2) is 4.39 Å². The average Bonchev–Trinajstić information content (AvgIpc) is 2.88. The molecule has 6 heteroatoms. The van der Waals surface area contributed by atoms with Gasteiger partial charge in [0.25, 0.3) is 5.91 Å². The van der Waals surface area contributed by atoms with Gasteiger partial charge in [-0.3, -0.25) is 9.59 Å². The number of benzene rings is 3. The summed E-state index contributed by atoms with van der Waals surface area (Å²) in [4.78, 5) is 29.4. The first kappa shape index (κ1) is 24.5. The van der Waals surface area contributed by atoms with Crippen molar-refractivity contribution in [3.05, 3.63) is 118 Å². The van der Waals surface area contributed by atoms with Gasteiger partial charge in [0.1, 0.15) is 5.82 Å². The predicted molar refractivity (Wildman–Crippen MR) is 145 cm³/mol. The maximum atomic E-state index is 13.8. The molecule has 2 N–H and O–H groups in total. The van der Waals surface area contributed by atoms with Crippen LogP contribution < -0.4 is 15.5 Å². The summed E-state index contributed by atoms with van der Waals surface area (Å²) in [5.74, 6) is -1.20. The number of Topliss-reactive ketones (excluding diaryl/α,β-unsaturated/α-hetero) is 1. The van der Waals surface area contributed by atoms with Crippen LogP contribution >= 0.6 is 0 Å². The van der Waals surface area contributed by atoms with Crippen molar-refractivity contribution in [1.29, 1.82) is 0 Å². The van der Waals surface area contributed by atoms with Crippen molar-refractivity contribution >= 4 is 23.1 Å². The number of hydrogen-bond donors (Lipinski definition) is 2. The number of anilines is 2. The second-order valence-electron chi connectivity index (χ2n) is 9.88.